The molecule has 0 aliphatic carbocycles. The Kier molecular flexibility index (Phi) is 4.68. The molecule has 0 bridgehead atoms. The van der Waals surface area contributed by atoms with Crippen LogP contribution in [0, 0.1) is 6.92 Å². The van der Waals surface area contributed by atoms with Gasteiger partial charge in [0.2, 0.25) is 0 Å². The molecular weight excluding hydrogens is 285 g/mol. The first kappa shape index (κ1) is 13.9. The van der Waals surface area contributed by atoms with Crippen molar-refractivity contribution in [1.29, 1.82) is 0 Å². The van der Waals surface area contributed by atoms with E-state index in [0.717, 1.165) is 15.9 Å². The molecule has 0 aliphatic heterocycles. The summed E-state index contributed by atoms with van der Waals surface area (Å²) in [7, 11) is 0. The number of nitrogens with one attached hydrogen (secondary N) is 1. The smallest absolute Gasteiger partial charge is 0.0931 e. The molecule has 0 spiro atoms. The summed E-state index contributed by atoms with van der Waals surface area (Å²) in [6, 6.07) is 10.3. The number of thiophene rings is 1. The summed E-state index contributed by atoms with van der Waals surface area (Å²) < 4.78 is 0.812. The lowest BCUT2D eigenvalue weighted by Crippen LogP contribution is -2.21. The minimum absolute atomic E-state index is 0.157. The van der Waals surface area contributed by atoms with Gasteiger partial charge in [-0.3, -0.25) is 0 Å². The minimum Gasteiger partial charge on any atom is -0.306 e. The van der Waals surface area contributed by atoms with Crippen molar-refractivity contribution in [2.45, 2.75) is 19.9 Å². The van der Waals surface area contributed by atoms with Crippen molar-refractivity contribution < 1.29 is 0 Å². The Morgan fingerprint density at radius 1 is 1.22 bits per heavy atom. The van der Waals surface area contributed by atoms with Crippen LogP contribution >= 0.6 is 34.5 Å². The molecular formula is C14H15Cl2NS. The van der Waals surface area contributed by atoms with E-state index in [4.69, 9.17) is 23.2 Å². The number of rotatable bonds is 4. The summed E-state index contributed by atoms with van der Waals surface area (Å²) in [5.74, 6) is 0. The molecule has 0 saturated carbocycles. The van der Waals surface area contributed by atoms with Gasteiger partial charge in [0.25, 0.3) is 0 Å². The molecule has 1 atom stereocenters. The van der Waals surface area contributed by atoms with Crippen LogP contribution in [-0.2, 0) is 0 Å². The van der Waals surface area contributed by atoms with E-state index >= 15 is 0 Å². The lowest BCUT2D eigenvalue weighted by Gasteiger charge is -2.18. The molecule has 1 N–H and O–H groups in total. The molecule has 2 aromatic rings. The fraction of sp³-hybridized carbons (Fsp3) is 0.286. The highest BCUT2D eigenvalue weighted by Gasteiger charge is 2.15. The molecule has 0 amide bonds. The van der Waals surface area contributed by atoms with Crippen molar-refractivity contribution >= 4 is 34.5 Å². The van der Waals surface area contributed by atoms with Crippen LogP contribution < -0.4 is 5.32 Å². The highest BCUT2D eigenvalue weighted by Crippen LogP contribution is 2.32. The second-order valence-corrected chi connectivity index (χ2v) is 6.38. The van der Waals surface area contributed by atoms with Gasteiger partial charge in [-0.2, -0.15) is 0 Å². The van der Waals surface area contributed by atoms with Crippen molar-refractivity contribution in [3.05, 3.63) is 55.7 Å². The third kappa shape index (κ3) is 3.27. The predicted octanol–water partition coefficient (Wildman–Crippen LogP) is 5.06. The predicted molar refractivity (Wildman–Crippen MR) is 81.0 cm³/mol. The van der Waals surface area contributed by atoms with Gasteiger partial charge in [-0.25, -0.2) is 0 Å². The highest BCUT2D eigenvalue weighted by molar-refractivity contribution is 7.16. The number of halogens is 2. The molecule has 1 heterocycles. The molecule has 2 rings (SSSR count). The monoisotopic (exact) mass is 299 g/mol. The zero-order valence-electron chi connectivity index (χ0n) is 10.3. The molecule has 1 aromatic carbocycles. The molecule has 96 valence electrons. The molecule has 0 saturated heterocycles. The highest BCUT2D eigenvalue weighted by atomic mass is 35.5. The van der Waals surface area contributed by atoms with Crippen LogP contribution in [0.2, 0.25) is 9.36 Å². The zero-order valence-corrected chi connectivity index (χ0v) is 12.7. The van der Waals surface area contributed by atoms with Crippen molar-refractivity contribution in [2.75, 3.05) is 6.54 Å². The summed E-state index contributed by atoms with van der Waals surface area (Å²) in [5, 5.41) is 4.25. The second-order valence-electron chi connectivity index (χ2n) is 4.19. The molecule has 1 unspecified atom stereocenters. The Morgan fingerprint density at radius 2 is 2.00 bits per heavy atom. The first-order chi connectivity index (χ1) is 8.60. The Morgan fingerprint density at radius 3 is 2.56 bits per heavy atom. The molecule has 1 aromatic heterocycles. The maximum Gasteiger partial charge on any atom is 0.0931 e. The quantitative estimate of drug-likeness (QED) is 0.832. The Bertz CT molecular complexity index is 516. The van der Waals surface area contributed by atoms with Crippen LogP contribution in [0.5, 0.6) is 0 Å². The summed E-state index contributed by atoms with van der Waals surface area (Å²) in [6.45, 7) is 5.05. The van der Waals surface area contributed by atoms with Gasteiger partial charge in [0.1, 0.15) is 0 Å². The standard InChI is InChI=1S/C14H15Cl2NS/c1-3-17-14(12-4-5-13(16)18-12)10-6-9(2)7-11(15)8-10/h4-8,14,17H,3H2,1-2H3. The fourth-order valence-electron chi connectivity index (χ4n) is 2.00. The van der Waals surface area contributed by atoms with Crippen LogP contribution in [0.3, 0.4) is 0 Å². The van der Waals surface area contributed by atoms with Crippen LogP contribution in [0.4, 0.5) is 0 Å². The largest absolute Gasteiger partial charge is 0.306 e. The fourth-order valence-corrected chi connectivity index (χ4v) is 3.46. The third-order valence-corrected chi connectivity index (χ3v) is 4.20. The second kappa shape index (κ2) is 6.07. The van der Waals surface area contributed by atoms with Gasteiger partial charge in [0.15, 0.2) is 0 Å². The maximum atomic E-state index is 6.14. The van der Waals surface area contributed by atoms with Crippen molar-refractivity contribution in [3.8, 4) is 0 Å². The number of hydrogen-bond donors (Lipinski definition) is 1. The number of aryl methyl sites for hydroxylation is 1. The third-order valence-electron chi connectivity index (χ3n) is 2.68. The van der Waals surface area contributed by atoms with E-state index in [0.29, 0.717) is 0 Å². The van der Waals surface area contributed by atoms with Gasteiger partial charge in [-0.05, 0) is 48.9 Å². The molecule has 4 heteroatoms. The summed E-state index contributed by atoms with van der Waals surface area (Å²) >= 11 is 13.8. The average molecular weight is 300 g/mol. The van der Waals surface area contributed by atoms with Crippen LogP contribution in [0.25, 0.3) is 0 Å². The van der Waals surface area contributed by atoms with Crippen molar-refractivity contribution in [3.63, 3.8) is 0 Å². The van der Waals surface area contributed by atoms with Gasteiger partial charge in [0, 0.05) is 9.90 Å². The average Bonchev–Trinajstić information content (AvgIpc) is 2.71. The lowest BCUT2D eigenvalue weighted by atomic mass is 10.0. The van der Waals surface area contributed by atoms with Crippen molar-refractivity contribution in [1.82, 2.24) is 5.32 Å². The Hall–Kier alpha value is -0.540. The summed E-state index contributed by atoms with van der Waals surface area (Å²) in [5.41, 5.74) is 2.35. The molecule has 0 fully saturated rings. The number of benzene rings is 1. The molecule has 1 nitrogen and oxygen atoms in total. The van der Waals surface area contributed by atoms with Gasteiger partial charge >= 0.3 is 0 Å². The van der Waals surface area contributed by atoms with E-state index in [2.05, 4.69) is 31.3 Å². The molecule has 0 radical (unpaired) electrons. The van der Waals surface area contributed by atoms with E-state index in [1.165, 1.54) is 16.0 Å². The summed E-state index contributed by atoms with van der Waals surface area (Å²) in [6.07, 6.45) is 0. The number of hydrogen-bond acceptors (Lipinski definition) is 2. The van der Waals surface area contributed by atoms with Gasteiger partial charge in [-0.1, -0.05) is 36.2 Å². The van der Waals surface area contributed by atoms with Gasteiger partial charge in [-0.15, -0.1) is 11.3 Å². The van der Waals surface area contributed by atoms with Crippen molar-refractivity contribution in [2.24, 2.45) is 0 Å². The lowest BCUT2D eigenvalue weighted by molar-refractivity contribution is 0.639. The Labute approximate surface area is 122 Å². The first-order valence-corrected chi connectivity index (χ1v) is 7.43. The van der Waals surface area contributed by atoms with Crippen LogP contribution in [-0.4, -0.2) is 6.54 Å². The van der Waals surface area contributed by atoms with Crippen LogP contribution in [0.1, 0.15) is 29.0 Å². The molecule has 18 heavy (non-hydrogen) atoms. The van der Waals surface area contributed by atoms with E-state index in [1.54, 1.807) is 11.3 Å². The zero-order chi connectivity index (χ0) is 13.1. The maximum absolute atomic E-state index is 6.14. The Balaban J connectivity index is 2.40. The van der Waals surface area contributed by atoms with Gasteiger partial charge in [0.05, 0.1) is 10.4 Å². The van der Waals surface area contributed by atoms with E-state index in [-0.39, 0.29) is 6.04 Å². The van der Waals surface area contributed by atoms with Crippen LogP contribution in [0.15, 0.2) is 30.3 Å². The van der Waals surface area contributed by atoms with E-state index in [1.807, 2.05) is 18.2 Å². The van der Waals surface area contributed by atoms with E-state index < -0.39 is 0 Å². The normalized spacial score (nSPS) is 12.7. The first-order valence-electron chi connectivity index (χ1n) is 5.86. The minimum atomic E-state index is 0.157. The summed E-state index contributed by atoms with van der Waals surface area (Å²) in [4.78, 5) is 1.21. The van der Waals surface area contributed by atoms with Gasteiger partial charge < -0.3 is 5.32 Å². The topological polar surface area (TPSA) is 12.0 Å². The molecule has 0 aliphatic rings. The SMILES string of the molecule is CCNC(c1cc(C)cc(Cl)c1)c1ccc(Cl)s1. The van der Waals surface area contributed by atoms with E-state index in [9.17, 15) is 0 Å².